The van der Waals surface area contributed by atoms with Crippen molar-refractivity contribution in [1.82, 2.24) is 19.4 Å². The Morgan fingerprint density at radius 2 is 2.12 bits per heavy atom. The summed E-state index contributed by atoms with van der Waals surface area (Å²) in [5, 5.41) is 4.14. The molecule has 0 saturated carbocycles. The molecule has 1 atom stereocenters. The van der Waals surface area contributed by atoms with Crippen molar-refractivity contribution in [3.63, 3.8) is 0 Å². The average Bonchev–Trinajstić information content (AvgIpc) is 2.94. The van der Waals surface area contributed by atoms with E-state index in [1.807, 2.05) is 6.92 Å². The zero-order chi connectivity index (χ0) is 17.2. The average molecular weight is 351 g/mol. The molecule has 6 heteroatoms. The highest BCUT2D eigenvalue weighted by Gasteiger charge is 2.41. The zero-order valence-electron chi connectivity index (χ0n) is 15.3. The van der Waals surface area contributed by atoms with E-state index in [-0.39, 0.29) is 0 Å². The second-order valence-corrected chi connectivity index (χ2v) is 8.93. The summed E-state index contributed by atoms with van der Waals surface area (Å²) < 4.78 is 4.07. The third-order valence-corrected chi connectivity index (χ3v) is 6.39. The Hall–Kier alpha value is -1.01. The van der Waals surface area contributed by atoms with Gasteiger partial charge in [-0.15, -0.1) is 5.10 Å². The summed E-state index contributed by atoms with van der Waals surface area (Å²) in [6.45, 7) is 11.6. The van der Waals surface area contributed by atoms with Gasteiger partial charge in [-0.3, -0.25) is 9.69 Å². The van der Waals surface area contributed by atoms with Gasteiger partial charge in [-0.05, 0) is 56.6 Å². The van der Waals surface area contributed by atoms with Gasteiger partial charge < -0.3 is 4.90 Å². The molecule has 3 heterocycles. The Balaban J connectivity index is 1.63. The van der Waals surface area contributed by atoms with Crippen LogP contribution in [-0.4, -0.2) is 51.5 Å². The number of piperidine rings is 2. The lowest BCUT2D eigenvalue weighted by atomic mass is 9.73. The van der Waals surface area contributed by atoms with Gasteiger partial charge in [0.05, 0.1) is 10.6 Å². The van der Waals surface area contributed by atoms with E-state index in [1.54, 1.807) is 0 Å². The van der Waals surface area contributed by atoms with Gasteiger partial charge in [0.2, 0.25) is 5.91 Å². The molecule has 2 aliphatic heterocycles. The lowest BCUT2D eigenvalue weighted by Gasteiger charge is -2.48. The van der Waals surface area contributed by atoms with Crippen molar-refractivity contribution in [3.05, 3.63) is 10.6 Å². The standard InChI is InChI=1S/C18H30N4OS/c1-14(2)6-10-22-13-18(8-5-17(22)23)7-4-9-21(12-18)11-16-15(3)19-20-24-16/h14H,4-13H2,1-3H3. The van der Waals surface area contributed by atoms with Crippen molar-refractivity contribution in [2.75, 3.05) is 26.2 Å². The summed E-state index contributed by atoms with van der Waals surface area (Å²) in [6, 6.07) is 0. The maximum absolute atomic E-state index is 12.3. The first-order valence-corrected chi connectivity index (χ1v) is 10.0. The van der Waals surface area contributed by atoms with Crippen LogP contribution in [0.4, 0.5) is 0 Å². The van der Waals surface area contributed by atoms with Crippen molar-refractivity contribution >= 4 is 17.4 Å². The minimum Gasteiger partial charge on any atom is -0.342 e. The van der Waals surface area contributed by atoms with E-state index in [2.05, 4.69) is 33.2 Å². The molecule has 1 amide bonds. The normalized spacial score (nSPS) is 25.8. The van der Waals surface area contributed by atoms with Crippen LogP contribution in [0, 0.1) is 18.3 Å². The van der Waals surface area contributed by atoms with E-state index in [0.29, 0.717) is 17.2 Å². The molecule has 134 valence electrons. The first-order valence-electron chi connectivity index (χ1n) is 9.25. The Labute approximate surface area is 149 Å². The topological polar surface area (TPSA) is 49.3 Å². The number of nitrogens with zero attached hydrogens (tertiary/aromatic N) is 4. The Morgan fingerprint density at radius 1 is 1.29 bits per heavy atom. The fourth-order valence-electron chi connectivity index (χ4n) is 4.10. The SMILES string of the molecule is Cc1nnsc1CN1CCCC2(CCC(=O)N(CCC(C)C)C2)C1. The van der Waals surface area contributed by atoms with Crippen LogP contribution in [0.1, 0.15) is 56.5 Å². The van der Waals surface area contributed by atoms with Crippen molar-refractivity contribution in [2.24, 2.45) is 11.3 Å². The van der Waals surface area contributed by atoms with Crippen molar-refractivity contribution in [3.8, 4) is 0 Å². The number of hydrogen-bond donors (Lipinski definition) is 0. The third-order valence-electron chi connectivity index (χ3n) is 5.58. The number of rotatable bonds is 5. The number of aryl methyl sites for hydroxylation is 1. The Morgan fingerprint density at radius 3 is 2.83 bits per heavy atom. The lowest BCUT2D eigenvalue weighted by molar-refractivity contribution is -0.139. The number of carbonyl (C=O) groups is 1. The molecule has 5 nitrogen and oxygen atoms in total. The van der Waals surface area contributed by atoms with Crippen LogP contribution in [0.3, 0.4) is 0 Å². The molecule has 2 aliphatic rings. The molecule has 1 unspecified atom stereocenters. The van der Waals surface area contributed by atoms with Crippen LogP contribution in [0.25, 0.3) is 0 Å². The molecule has 1 aromatic rings. The highest BCUT2D eigenvalue weighted by Crippen LogP contribution is 2.39. The monoisotopic (exact) mass is 350 g/mol. The maximum atomic E-state index is 12.3. The first kappa shape index (κ1) is 17.8. The molecule has 1 spiro atoms. The van der Waals surface area contributed by atoms with Crippen LogP contribution in [0.5, 0.6) is 0 Å². The highest BCUT2D eigenvalue weighted by molar-refractivity contribution is 7.05. The number of amides is 1. The van der Waals surface area contributed by atoms with Crippen LogP contribution in [-0.2, 0) is 11.3 Å². The molecule has 0 aromatic carbocycles. The fraction of sp³-hybridized carbons (Fsp3) is 0.833. The van der Waals surface area contributed by atoms with Crippen LogP contribution >= 0.6 is 11.5 Å². The Kier molecular flexibility index (Phi) is 5.55. The molecule has 0 N–H and O–H groups in total. The number of aromatic nitrogens is 2. The molecular weight excluding hydrogens is 320 g/mol. The van der Waals surface area contributed by atoms with E-state index < -0.39 is 0 Å². The van der Waals surface area contributed by atoms with Gasteiger partial charge in [0, 0.05) is 38.0 Å². The van der Waals surface area contributed by atoms with Gasteiger partial charge in [0.25, 0.3) is 0 Å². The van der Waals surface area contributed by atoms with Crippen LogP contribution < -0.4 is 0 Å². The molecular formula is C18H30N4OS. The molecule has 0 radical (unpaired) electrons. The van der Waals surface area contributed by atoms with Crippen LogP contribution in [0.15, 0.2) is 0 Å². The molecule has 2 saturated heterocycles. The van der Waals surface area contributed by atoms with Gasteiger partial charge in [0.1, 0.15) is 0 Å². The molecule has 0 aliphatic carbocycles. The van der Waals surface area contributed by atoms with Crippen LogP contribution in [0.2, 0.25) is 0 Å². The molecule has 2 fully saturated rings. The highest BCUT2D eigenvalue weighted by atomic mass is 32.1. The van der Waals surface area contributed by atoms with E-state index in [4.69, 9.17) is 0 Å². The fourth-order valence-corrected chi connectivity index (χ4v) is 4.77. The van der Waals surface area contributed by atoms with E-state index in [9.17, 15) is 4.79 Å². The number of carbonyl (C=O) groups excluding carboxylic acids is 1. The third kappa shape index (κ3) is 4.14. The van der Waals surface area contributed by atoms with Gasteiger partial charge >= 0.3 is 0 Å². The summed E-state index contributed by atoms with van der Waals surface area (Å²) in [6.07, 6.45) is 5.39. The van der Waals surface area contributed by atoms with Gasteiger partial charge in [-0.1, -0.05) is 18.3 Å². The second kappa shape index (κ2) is 7.48. The van der Waals surface area contributed by atoms with E-state index >= 15 is 0 Å². The summed E-state index contributed by atoms with van der Waals surface area (Å²) in [5.74, 6) is 1.02. The Bertz CT molecular complexity index is 573. The minimum atomic E-state index is 0.301. The molecule has 24 heavy (non-hydrogen) atoms. The van der Waals surface area contributed by atoms with Gasteiger partial charge in [0.15, 0.2) is 0 Å². The molecule has 3 rings (SSSR count). The van der Waals surface area contributed by atoms with Crippen molar-refractivity contribution in [2.45, 2.75) is 59.4 Å². The van der Waals surface area contributed by atoms with Crippen molar-refractivity contribution < 1.29 is 4.79 Å². The largest absolute Gasteiger partial charge is 0.342 e. The first-order chi connectivity index (χ1) is 11.5. The summed E-state index contributed by atoms with van der Waals surface area (Å²) in [5.41, 5.74) is 1.37. The predicted octanol–water partition coefficient (Wildman–Crippen LogP) is 3.10. The number of likely N-dealkylation sites (tertiary alicyclic amines) is 2. The number of hydrogen-bond acceptors (Lipinski definition) is 5. The summed E-state index contributed by atoms with van der Waals surface area (Å²) in [7, 11) is 0. The lowest BCUT2D eigenvalue weighted by Crippen LogP contribution is -2.54. The second-order valence-electron chi connectivity index (χ2n) is 8.09. The van der Waals surface area contributed by atoms with E-state index in [1.165, 1.54) is 29.3 Å². The van der Waals surface area contributed by atoms with Crippen molar-refractivity contribution in [1.29, 1.82) is 0 Å². The quantitative estimate of drug-likeness (QED) is 0.819. The molecule has 0 bridgehead atoms. The van der Waals surface area contributed by atoms with E-state index in [0.717, 1.165) is 57.7 Å². The van der Waals surface area contributed by atoms with Gasteiger partial charge in [-0.2, -0.15) is 0 Å². The predicted molar refractivity (Wildman–Crippen MR) is 96.9 cm³/mol. The smallest absolute Gasteiger partial charge is 0.222 e. The summed E-state index contributed by atoms with van der Waals surface area (Å²) in [4.78, 5) is 18.3. The van der Waals surface area contributed by atoms with Gasteiger partial charge in [-0.25, -0.2) is 0 Å². The zero-order valence-corrected chi connectivity index (χ0v) is 16.1. The summed E-state index contributed by atoms with van der Waals surface area (Å²) >= 11 is 1.52. The minimum absolute atomic E-state index is 0.301. The maximum Gasteiger partial charge on any atom is 0.222 e. The molecule has 1 aromatic heterocycles.